The number of anilines is 1. The van der Waals surface area contributed by atoms with Crippen molar-refractivity contribution >= 4 is 27.5 Å². The topological polar surface area (TPSA) is 60.5 Å². The highest BCUT2D eigenvalue weighted by Gasteiger charge is 2.66. The lowest BCUT2D eigenvalue weighted by Gasteiger charge is -2.32. The van der Waals surface area contributed by atoms with E-state index in [1.54, 1.807) is 6.92 Å². The van der Waals surface area contributed by atoms with Gasteiger partial charge in [0, 0.05) is 29.3 Å². The Morgan fingerprint density at radius 1 is 1.29 bits per heavy atom. The largest absolute Gasteiger partial charge is 0.431 e. The summed E-state index contributed by atoms with van der Waals surface area (Å²) in [6, 6.07) is 2.75. The number of halogens is 8. The van der Waals surface area contributed by atoms with Crippen LogP contribution in [0.2, 0.25) is 0 Å². The number of aryl methyl sites for hydroxylation is 1. The minimum Gasteiger partial charge on any atom is -0.431 e. The monoisotopic (exact) mass is 558 g/mol. The zero-order valence-electron chi connectivity index (χ0n) is 17.8. The molecule has 4 atom stereocenters. The standard InChI is InChI=1S/C21H18BrF7N2O3/c1-8-7-30-13(22)6-12(8)31-18(32)17-14(9(2)20(3,34-17)21(27,28)29)10-4-5-11(23)15(24)16(10)33-19(25)26/h4-7,9,14,17,19H,1-3H3,(H,30,31,32). The SMILES string of the molecule is Cc1cnc(Br)cc1NC(=O)C1OC(C)(C(F)(F)F)C(C)C1c1ccc(F)c(F)c1OC(F)F. The van der Waals surface area contributed by atoms with Gasteiger partial charge in [-0.3, -0.25) is 4.79 Å². The predicted molar refractivity (Wildman–Crippen MR) is 110 cm³/mol. The molecule has 1 aliphatic rings. The molecule has 0 bridgehead atoms. The third-order valence-corrected chi connectivity index (χ3v) is 6.33. The molecule has 13 heteroatoms. The number of carbonyl (C=O) groups is 1. The molecule has 3 rings (SSSR count). The molecular weight excluding hydrogens is 541 g/mol. The number of amides is 1. The minimum atomic E-state index is -4.99. The average molecular weight is 559 g/mol. The fourth-order valence-corrected chi connectivity index (χ4v) is 4.21. The van der Waals surface area contributed by atoms with Crippen molar-refractivity contribution < 1.29 is 45.0 Å². The highest BCUT2D eigenvalue weighted by Crippen LogP contribution is 2.55. The number of hydrogen-bond acceptors (Lipinski definition) is 4. The van der Waals surface area contributed by atoms with Crippen LogP contribution in [0.25, 0.3) is 0 Å². The molecule has 0 spiro atoms. The van der Waals surface area contributed by atoms with Crippen LogP contribution in [0.3, 0.4) is 0 Å². The highest BCUT2D eigenvalue weighted by atomic mass is 79.9. The first-order chi connectivity index (χ1) is 15.7. The zero-order chi connectivity index (χ0) is 25.6. The third kappa shape index (κ3) is 4.72. The molecular formula is C21H18BrF7N2O3. The van der Waals surface area contributed by atoms with Crippen molar-refractivity contribution in [2.45, 2.75) is 51.2 Å². The van der Waals surface area contributed by atoms with E-state index in [0.29, 0.717) is 23.2 Å². The van der Waals surface area contributed by atoms with Gasteiger partial charge in [-0.2, -0.15) is 26.3 Å². The summed E-state index contributed by atoms with van der Waals surface area (Å²) < 4.78 is 106. The number of nitrogens with zero attached hydrogens (tertiary/aromatic N) is 1. The number of benzene rings is 1. The van der Waals surface area contributed by atoms with Gasteiger partial charge in [0.2, 0.25) is 5.82 Å². The fourth-order valence-electron chi connectivity index (χ4n) is 3.88. The number of alkyl halides is 5. The van der Waals surface area contributed by atoms with Crippen LogP contribution >= 0.6 is 15.9 Å². The van der Waals surface area contributed by atoms with E-state index >= 15 is 0 Å². The number of nitrogens with one attached hydrogen (secondary N) is 1. The molecule has 4 unspecified atom stereocenters. The maximum atomic E-state index is 14.4. The molecule has 1 amide bonds. The number of hydrogen-bond donors (Lipinski definition) is 1. The fraction of sp³-hybridized carbons (Fsp3) is 0.429. The normalized spacial score (nSPS) is 25.0. The van der Waals surface area contributed by atoms with E-state index in [1.165, 1.54) is 12.3 Å². The lowest BCUT2D eigenvalue weighted by molar-refractivity contribution is -0.272. The van der Waals surface area contributed by atoms with Crippen molar-refractivity contribution in [1.82, 2.24) is 4.98 Å². The average Bonchev–Trinajstić information content (AvgIpc) is 3.00. The van der Waals surface area contributed by atoms with Crippen molar-refractivity contribution in [1.29, 1.82) is 0 Å². The molecule has 1 N–H and O–H groups in total. The smallest absolute Gasteiger partial charge is 0.417 e. The maximum absolute atomic E-state index is 14.4. The molecule has 2 heterocycles. The van der Waals surface area contributed by atoms with Gasteiger partial charge in [-0.1, -0.05) is 13.0 Å². The van der Waals surface area contributed by atoms with E-state index in [9.17, 15) is 35.5 Å². The second kappa shape index (κ2) is 9.33. The summed E-state index contributed by atoms with van der Waals surface area (Å²) in [6.45, 7) is -0.257. The van der Waals surface area contributed by atoms with Crippen molar-refractivity contribution in [3.8, 4) is 5.75 Å². The molecule has 1 saturated heterocycles. The van der Waals surface area contributed by atoms with Crippen LogP contribution in [-0.4, -0.2) is 35.4 Å². The number of ether oxygens (including phenoxy) is 2. The summed E-state index contributed by atoms with van der Waals surface area (Å²) in [4.78, 5) is 17.1. The van der Waals surface area contributed by atoms with Crippen molar-refractivity contribution in [2.24, 2.45) is 5.92 Å². The maximum Gasteiger partial charge on any atom is 0.417 e. The summed E-state index contributed by atoms with van der Waals surface area (Å²) in [7, 11) is 0. The Morgan fingerprint density at radius 3 is 2.53 bits per heavy atom. The van der Waals surface area contributed by atoms with Gasteiger partial charge >= 0.3 is 12.8 Å². The molecule has 0 aliphatic carbocycles. The molecule has 1 aromatic heterocycles. The van der Waals surface area contributed by atoms with Crippen molar-refractivity contribution in [3.63, 3.8) is 0 Å². The third-order valence-electron chi connectivity index (χ3n) is 5.90. The van der Waals surface area contributed by atoms with Gasteiger partial charge < -0.3 is 14.8 Å². The van der Waals surface area contributed by atoms with Gasteiger partial charge in [0.1, 0.15) is 10.7 Å². The second-order valence-corrected chi connectivity index (χ2v) is 8.74. The molecule has 5 nitrogen and oxygen atoms in total. The first-order valence-corrected chi connectivity index (χ1v) is 10.6. The number of aromatic nitrogens is 1. The highest BCUT2D eigenvalue weighted by molar-refractivity contribution is 9.10. The van der Waals surface area contributed by atoms with E-state index in [1.807, 2.05) is 0 Å². The number of carbonyl (C=O) groups excluding carboxylic acids is 1. The Morgan fingerprint density at radius 2 is 1.94 bits per heavy atom. The Balaban J connectivity index is 2.13. The molecule has 2 aromatic rings. The van der Waals surface area contributed by atoms with E-state index in [0.717, 1.165) is 13.0 Å². The molecule has 0 radical (unpaired) electrons. The molecule has 186 valence electrons. The van der Waals surface area contributed by atoms with Crippen LogP contribution in [0.5, 0.6) is 5.75 Å². The number of pyridine rings is 1. The first-order valence-electron chi connectivity index (χ1n) is 9.77. The van der Waals surface area contributed by atoms with Gasteiger partial charge in [-0.15, -0.1) is 0 Å². The summed E-state index contributed by atoms with van der Waals surface area (Å²) >= 11 is 3.11. The Bertz CT molecular complexity index is 1100. The summed E-state index contributed by atoms with van der Waals surface area (Å²) in [6.07, 6.45) is -5.52. The van der Waals surface area contributed by atoms with E-state index < -0.39 is 65.2 Å². The van der Waals surface area contributed by atoms with Crippen LogP contribution < -0.4 is 10.1 Å². The molecule has 1 aliphatic heterocycles. The summed E-state index contributed by atoms with van der Waals surface area (Å²) in [5, 5.41) is 2.43. The number of rotatable bonds is 5. The van der Waals surface area contributed by atoms with Crippen LogP contribution in [-0.2, 0) is 9.53 Å². The van der Waals surface area contributed by atoms with E-state index in [-0.39, 0.29) is 5.69 Å². The van der Waals surface area contributed by atoms with Crippen LogP contribution in [0.4, 0.5) is 36.4 Å². The van der Waals surface area contributed by atoms with Gasteiger partial charge in [0.05, 0.1) is 0 Å². The van der Waals surface area contributed by atoms with E-state index in [4.69, 9.17) is 4.74 Å². The van der Waals surface area contributed by atoms with Gasteiger partial charge in [-0.25, -0.2) is 9.37 Å². The quantitative estimate of drug-likeness (QED) is 0.355. The Labute approximate surface area is 197 Å². The van der Waals surface area contributed by atoms with Crippen molar-refractivity contribution in [3.05, 3.63) is 51.8 Å². The zero-order valence-corrected chi connectivity index (χ0v) is 19.4. The Hall–Kier alpha value is -2.41. The van der Waals surface area contributed by atoms with Gasteiger partial charge in [-0.05, 0) is 47.5 Å². The lowest BCUT2D eigenvalue weighted by Crippen LogP contribution is -2.47. The predicted octanol–water partition coefficient (Wildman–Crippen LogP) is 6.11. The van der Waals surface area contributed by atoms with Crippen LogP contribution in [0, 0.1) is 24.5 Å². The molecule has 1 aromatic carbocycles. The van der Waals surface area contributed by atoms with Gasteiger partial charge in [0.25, 0.3) is 5.91 Å². The second-order valence-electron chi connectivity index (χ2n) is 7.93. The lowest BCUT2D eigenvalue weighted by atomic mass is 9.77. The van der Waals surface area contributed by atoms with Crippen molar-refractivity contribution in [2.75, 3.05) is 5.32 Å². The van der Waals surface area contributed by atoms with E-state index in [2.05, 4.69) is 31.0 Å². The van der Waals surface area contributed by atoms with Gasteiger partial charge in [0.15, 0.2) is 17.2 Å². The Kier molecular flexibility index (Phi) is 7.19. The summed E-state index contributed by atoms with van der Waals surface area (Å²) in [5.41, 5.74) is -2.82. The van der Waals surface area contributed by atoms with Crippen LogP contribution in [0.15, 0.2) is 29.0 Å². The van der Waals surface area contributed by atoms with Crippen LogP contribution in [0.1, 0.15) is 30.9 Å². The molecule has 1 fully saturated rings. The molecule has 0 saturated carbocycles. The minimum absolute atomic E-state index is 0.192. The molecule has 34 heavy (non-hydrogen) atoms. The summed E-state index contributed by atoms with van der Waals surface area (Å²) in [5.74, 6) is -8.93. The first kappa shape index (κ1) is 26.2.